The summed E-state index contributed by atoms with van der Waals surface area (Å²) < 4.78 is 1.80. The predicted octanol–water partition coefficient (Wildman–Crippen LogP) is 1.72. The summed E-state index contributed by atoms with van der Waals surface area (Å²) in [4.78, 5) is 4.09. The molecule has 4 atom stereocenters. The fraction of sp³-hybridized carbons (Fsp3) is 0.588. The Morgan fingerprint density at radius 3 is 2.59 bits per heavy atom. The van der Waals surface area contributed by atoms with Gasteiger partial charge in [-0.25, -0.2) is 0 Å². The lowest BCUT2D eigenvalue weighted by atomic mass is 10.1. The summed E-state index contributed by atoms with van der Waals surface area (Å²) >= 11 is 0. The molecule has 0 aliphatic heterocycles. The maximum atomic E-state index is 10.4. The highest BCUT2D eigenvalue weighted by Gasteiger charge is 2.41. The first-order valence-corrected chi connectivity index (χ1v) is 8.59. The molecule has 27 heavy (non-hydrogen) atoms. The molecule has 0 saturated heterocycles. The SMILES string of the molecule is Cl.Cl.Cl.O[C@@H]1[C@@H](Cn2cc(C3CC3)nn2)C[C@@H](NCc2cccnc2)[C@@H]1O. The minimum absolute atomic E-state index is 0. The van der Waals surface area contributed by atoms with Crippen LogP contribution in [0.2, 0.25) is 0 Å². The molecule has 0 aromatic carbocycles. The summed E-state index contributed by atoms with van der Waals surface area (Å²) in [5, 5.41) is 32.4. The molecule has 2 fully saturated rings. The van der Waals surface area contributed by atoms with Crippen LogP contribution in [0.15, 0.2) is 30.7 Å². The maximum Gasteiger partial charge on any atom is 0.0955 e. The number of nitrogens with one attached hydrogen (secondary N) is 1. The Labute approximate surface area is 177 Å². The third-order valence-corrected chi connectivity index (χ3v) is 5.07. The number of aromatic nitrogens is 4. The molecule has 4 rings (SSSR count). The van der Waals surface area contributed by atoms with E-state index in [4.69, 9.17) is 0 Å². The largest absolute Gasteiger partial charge is 0.390 e. The number of aliphatic hydroxyl groups excluding tert-OH is 2. The van der Waals surface area contributed by atoms with Gasteiger partial charge in [0.05, 0.1) is 17.9 Å². The lowest BCUT2D eigenvalue weighted by Gasteiger charge is -2.18. The van der Waals surface area contributed by atoms with Crippen LogP contribution in [-0.4, -0.2) is 48.4 Å². The fourth-order valence-electron chi connectivity index (χ4n) is 3.47. The molecule has 2 aliphatic rings. The highest BCUT2D eigenvalue weighted by atomic mass is 35.5. The summed E-state index contributed by atoms with van der Waals surface area (Å²) in [6.45, 7) is 1.22. The van der Waals surface area contributed by atoms with Crippen LogP contribution in [0.3, 0.4) is 0 Å². The summed E-state index contributed by atoms with van der Waals surface area (Å²) in [7, 11) is 0. The van der Waals surface area contributed by atoms with Gasteiger partial charge >= 0.3 is 0 Å². The van der Waals surface area contributed by atoms with Gasteiger partial charge in [-0.3, -0.25) is 9.67 Å². The van der Waals surface area contributed by atoms with Crippen molar-refractivity contribution < 1.29 is 10.2 Å². The zero-order chi connectivity index (χ0) is 16.5. The van der Waals surface area contributed by atoms with E-state index < -0.39 is 12.2 Å². The van der Waals surface area contributed by atoms with E-state index in [2.05, 4.69) is 20.6 Å². The van der Waals surface area contributed by atoms with Crippen molar-refractivity contribution in [2.24, 2.45) is 5.92 Å². The number of aliphatic hydroxyl groups is 2. The lowest BCUT2D eigenvalue weighted by Crippen LogP contribution is -2.39. The van der Waals surface area contributed by atoms with E-state index in [0.717, 1.165) is 11.3 Å². The van der Waals surface area contributed by atoms with Crippen molar-refractivity contribution in [1.29, 1.82) is 0 Å². The average Bonchev–Trinajstić information content (AvgIpc) is 3.30. The molecule has 0 spiro atoms. The zero-order valence-electron chi connectivity index (χ0n) is 14.7. The molecule has 2 saturated carbocycles. The van der Waals surface area contributed by atoms with Gasteiger partial charge in [-0.2, -0.15) is 0 Å². The Bertz CT molecular complexity index is 686. The van der Waals surface area contributed by atoms with E-state index >= 15 is 0 Å². The summed E-state index contributed by atoms with van der Waals surface area (Å²) in [5.41, 5.74) is 2.11. The van der Waals surface area contributed by atoms with Crippen molar-refractivity contribution >= 4 is 37.2 Å². The minimum atomic E-state index is -0.766. The Balaban J connectivity index is 0.00000121. The number of nitrogens with zero attached hydrogens (tertiary/aromatic N) is 4. The molecule has 0 radical (unpaired) electrons. The van der Waals surface area contributed by atoms with Gasteiger partial charge in [-0.05, 0) is 30.9 Å². The number of hydrogen-bond donors (Lipinski definition) is 3. The summed E-state index contributed by atoms with van der Waals surface area (Å²) in [6, 6.07) is 3.75. The van der Waals surface area contributed by atoms with E-state index in [0.29, 0.717) is 25.4 Å². The first kappa shape index (κ1) is 24.1. The van der Waals surface area contributed by atoms with Gasteiger partial charge in [0, 0.05) is 49.6 Å². The van der Waals surface area contributed by atoms with Gasteiger partial charge in [0.15, 0.2) is 0 Å². The third-order valence-electron chi connectivity index (χ3n) is 5.07. The highest BCUT2D eigenvalue weighted by molar-refractivity contribution is 5.86. The summed E-state index contributed by atoms with van der Waals surface area (Å²) in [6.07, 6.45) is 7.11. The Morgan fingerprint density at radius 2 is 1.93 bits per heavy atom. The topological polar surface area (TPSA) is 96.1 Å². The Hall–Kier alpha value is -0.960. The second-order valence-electron chi connectivity index (χ2n) is 6.97. The first-order valence-electron chi connectivity index (χ1n) is 8.59. The standard InChI is InChI=1S/C17H23N5O2.3ClH/c23-16-13(9-22-10-15(20-21-22)12-3-4-12)6-14(17(16)24)19-8-11-2-1-5-18-7-11;;;/h1-2,5,7,10,12-14,16-17,19,23-24H,3-4,6,8-9H2;3*1H/t13-,14-,16-,17+;;;/m1.../s1. The molecular formula is C17H26Cl3N5O2. The van der Waals surface area contributed by atoms with Gasteiger partial charge in [0.25, 0.3) is 0 Å². The van der Waals surface area contributed by atoms with E-state index in [-0.39, 0.29) is 49.2 Å². The van der Waals surface area contributed by atoms with Crippen LogP contribution in [0.4, 0.5) is 0 Å². The molecule has 10 heteroatoms. The number of pyridine rings is 1. The molecule has 152 valence electrons. The first-order chi connectivity index (χ1) is 11.7. The Kier molecular flexibility index (Phi) is 9.41. The molecule has 0 amide bonds. The molecule has 0 unspecified atom stereocenters. The predicted molar refractivity (Wildman–Crippen MR) is 109 cm³/mol. The molecular weight excluding hydrogens is 413 g/mol. The molecule has 7 nitrogen and oxygen atoms in total. The van der Waals surface area contributed by atoms with Gasteiger partial charge in [0.2, 0.25) is 0 Å². The van der Waals surface area contributed by atoms with Crippen molar-refractivity contribution in [3.8, 4) is 0 Å². The van der Waals surface area contributed by atoms with Gasteiger partial charge < -0.3 is 15.5 Å². The van der Waals surface area contributed by atoms with Crippen molar-refractivity contribution in [2.75, 3.05) is 0 Å². The maximum absolute atomic E-state index is 10.4. The average molecular weight is 439 g/mol. The van der Waals surface area contributed by atoms with E-state index in [1.807, 2.05) is 18.3 Å². The van der Waals surface area contributed by atoms with Crippen LogP contribution in [0.1, 0.15) is 36.4 Å². The van der Waals surface area contributed by atoms with E-state index in [9.17, 15) is 10.2 Å². The second kappa shape index (κ2) is 10.5. The molecule has 2 aliphatic carbocycles. The number of hydrogen-bond acceptors (Lipinski definition) is 6. The Morgan fingerprint density at radius 1 is 1.15 bits per heavy atom. The molecule has 2 aromatic heterocycles. The minimum Gasteiger partial charge on any atom is -0.390 e. The number of halogens is 3. The van der Waals surface area contributed by atoms with Crippen molar-refractivity contribution in [3.05, 3.63) is 42.0 Å². The lowest BCUT2D eigenvalue weighted by molar-refractivity contribution is 0.00722. The van der Waals surface area contributed by atoms with Crippen LogP contribution >= 0.6 is 37.2 Å². The zero-order valence-corrected chi connectivity index (χ0v) is 17.2. The van der Waals surface area contributed by atoms with Gasteiger partial charge in [0.1, 0.15) is 0 Å². The van der Waals surface area contributed by atoms with E-state index in [1.165, 1.54) is 12.8 Å². The molecule has 3 N–H and O–H groups in total. The fourth-order valence-corrected chi connectivity index (χ4v) is 3.47. The normalized spacial score (nSPS) is 26.6. The van der Waals surface area contributed by atoms with Crippen LogP contribution in [0.5, 0.6) is 0 Å². The van der Waals surface area contributed by atoms with Crippen LogP contribution < -0.4 is 5.32 Å². The van der Waals surface area contributed by atoms with Crippen molar-refractivity contribution in [3.63, 3.8) is 0 Å². The molecule has 2 heterocycles. The van der Waals surface area contributed by atoms with Gasteiger partial charge in [-0.15, -0.1) is 42.3 Å². The quantitative estimate of drug-likeness (QED) is 0.635. The second-order valence-corrected chi connectivity index (χ2v) is 6.97. The van der Waals surface area contributed by atoms with Crippen molar-refractivity contribution in [2.45, 2.75) is 56.5 Å². The van der Waals surface area contributed by atoms with Crippen LogP contribution in [0.25, 0.3) is 0 Å². The number of rotatable bonds is 6. The monoisotopic (exact) mass is 437 g/mol. The highest BCUT2D eigenvalue weighted by Crippen LogP contribution is 2.38. The molecule has 0 bridgehead atoms. The van der Waals surface area contributed by atoms with Crippen molar-refractivity contribution in [1.82, 2.24) is 25.3 Å². The van der Waals surface area contributed by atoms with Gasteiger partial charge in [-0.1, -0.05) is 11.3 Å². The molecule has 2 aromatic rings. The van der Waals surface area contributed by atoms with E-state index in [1.54, 1.807) is 17.1 Å². The third kappa shape index (κ3) is 5.76. The van der Waals surface area contributed by atoms with Crippen LogP contribution in [-0.2, 0) is 13.1 Å². The smallest absolute Gasteiger partial charge is 0.0955 e. The van der Waals surface area contributed by atoms with Crippen LogP contribution in [0, 0.1) is 5.92 Å². The summed E-state index contributed by atoms with van der Waals surface area (Å²) in [5.74, 6) is 0.548.